The van der Waals surface area contributed by atoms with E-state index in [0.717, 1.165) is 18.5 Å². The maximum atomic E-state index is 9.21. The van der Waals surface area contributed by atoms with Crippen LogP contribution >= 0.6 is 0 Å². The number of nitrogens with two attached hydrogens (primary N) is 1. The van der Waals surface area contributed by atoms with E-state index in [4.69, 9.17) is 5.73 Å². The third-order valence-corrected chi connectivity index (χ3v) is 3.13. The van der Waals surface area contributed by atoms with Crippen LogP contribution in [0.2, 0.25) is 0 Å². The summed E-state index contributed by atoms with van der Waals surface area (Å²) in [6.45, 7) is 2.71. The van der Waals surface area contributed by atoms with Crippen LogP contribution in [0.3, 0.4) is 0 Å². The second-order valence-corrected chi connectivity index (χ2v) is 5.03. The van der Waals surface area contributed by atoms with Crippen molar-refractivity contribution in [1.82, 2.24) is 0 Å². The van der Waals surface area contributed by atoms with Crippen LogP contribution in [0.25, 0.3) is 0 Å². The fourth-order valence-corrected chi connectivity index (χ4v) is 2.06. The van der Waals surface area contributed by atoms with E-state index in [0.29, 0.717) is 18.3 Å². The zero-order valence-electron chi connectivity index (χ0n) is 12.2. The third-order valence-electron chi connectivity index (χ3n) is 3.13. The number of aryl methyl sites for hydroxylation is 2. The van der Waals surface area contributed by atoms with Crippen LogP contribution in [0, 0.1) is 6.92 Å². The Kier molecular flexibility index (Phi) is 5.21. The maximum Gasteiger partial charge on any atom is 0.193 e. The summed E-state index contributed by atoms with van der Waals surface area (Å²) in [4.78, 5) is 4.32. The summed E-state index contributed by atoms with van der Waals surface area (Å²) in [5.41, 5.74) is 9.18. The SMILES string of the molecule is Cc1cccc(NC(N)=NCCCc2ccc(O)cc2)c1. The van der Waals surface area contributed by atoms with Crippen molar-refractivity contribution in [2.75, 3.05) is 11.9 Å². The number of aromatic hydroxyl groups is 1. The highest BCUT2D eigenvalue weighted by Gasteiger charge is 1.96. The van der Waals surface area contributed by atoms with Gasteiger partial charge in [0.1, 0.15) is 5.75 Å². The lowest BCUT2D eigenvalue weighted by atomic mass is 10.1. The van der Waals surface area contributed by atoms with Gasteiger partial charge in [0.15, 0.2) is 5.96 Å². The first-order chi connectivity index (χ1) is 10.1. The summed E-state index contributed by atoms with van der Waals surface area (Å²) >= 11 is 0. The number of guanidine groups is 1. The van der Waals surface area contributed by atoms with Gasteiger partial charge in [-0.25, -0.2) is 0 Å². The van der Waals surface area contributed by atoms with Gasteiger partial charge in [0.05, 0.1) is 0 Å². The number of nitrogens with one attached hydrogen (secondary N) is 1. The van der Waals surface area contributed by atoms with Crippen LogP contribution in [0.1, 0.15) is 17.5 Å². The van der Waals surface area contributed by atoms with Crippen molar-refractivity contribution in [3.05, 3.63) is 59.7 Å². The van der Waals surface area contributed by atoms with Gasteiger partial charge in [-0.2, -0.15) is 0 Å². The molecule has 2 aromatic carbocycles. The molecule has 0 saturated carbocycles. The van der Waals surface area contributed by atoms with E-state index in [-0.39, 0.29) is 0 Å². The molecule has 4 nitrogen and oxygen atoms in total. The molecule has 0 unspecified atom stereocenters. The van der Waals surface area contributed by atoms with Gasteiger partial charge in [-0.3, -0.25) is 4.99 Å². The number of anilines is 1. The molecule has 0 fully saturated rings. The molecule has 2 aromatic rings. The van der Waals surface area contributed by atoms with Crippen molar-refractivity contribution < 1.29 is 5.11 Å². The summed E-state index contributed by atoms with van der Waals surface area (Å²) in [5, 5.41) is 12.3. The maximum absolute atomic E-state index is 9.21. The predicted molar refractivity (Wildman–Crippen MR) is 87.7 cm³/mol. The van der Waals surface area contributed by atoms with E-state index in [1.54, 1.807) is 12.1 Å². The minimum Gasteiger partial charge on any atom is -0.508 e. The van der Waals surface area contributed by atoms with Crippen molar-refractivity contribution >= 4 is 11.6 Å². The molecular weight excluding hydrogens is 262 g/mol. The Morgan fingerprint density at radius 3 is 2.67 bits per heavy atom. The molecule has 4 N–H and O–H groups in total. The second kappa shape index (κ2) is 7.33. The minimum atomic E-state index is 0.295. The van der Waals surface area contributed by atoms with Crippen LogP contribution < -0.4 is 11.1 Å². The highest BCUT2D eigenvalue weighted by molar-refractivity contribution is 5.92. The van der Waals surface area contributed by atoms with E-state index in [9.17, 15) is 5.11 Å². The number of phenols is 1. The molecule has 0 aliphatic rings. The number of nitrogens with zero attached hydrogens (tertiary/aromatic N) is 1. The smallest absolute Gasteiger partial charge is 0.193 e. The molecule has 2 rings (SSSR count). The van der Waals surface area contributed by atoms with Gasteiger partial charge in [-0.05, 0) is 55.2 Å². The Morgan fingerprint density at radius 1 is 1.19 bits per heavy atom. The number of hydrogen-bond donors (Lipinski definition) is 3. The molecule has 0 spiro atoms. The van der Waals surface area contributed by atoms with Crippen LogP contribution in [-0.2, 0) is 6.42 Å². The van der Waals surface area contributed by atoms with E-state index in [2.05, 4.69) is 10.3 Å². The Morgan fingerprint density at radius 2 is 1.95 bits per heavy atom. The van der Waals surface area contributed by atoms with Crippen molar-refractivity contribution in [2.45, 2.75) is 19.8 Å². The second-order valence-electron chi connectivity index (χ2n) is 5.03. The average Bonchev–Trinajstić information content (AvgIpc) is 2.45. The van der Waals surface area contributed by atoms with E-state index < -0.39 is 0 Å². The third kappa shape index (κ3) is 5.18. The topological polar surface area (TPSA) is 70.6 Å². The predicted octanol–water partition coefficient (Wildman–Crippen LogP) is 3.06. The Bertz CT molecular complexity index is 606. The van der Waals surface area contributed by atoms with Gasteiger partial charge in [0.2, 0.25) is 0 Å². The lowest BCUT2D eigenvalue weighted by molar-refractivity contribution is 0.475. The number of rotatable bonds is 5. The summed E-state index contributed by atoms with van der Waals surface area (Å²) < 4.78 is 0. The largest absolute Gasteiger partial charge is 0.508 e. The molecule has 4 heteroatoms. The fourth-order valence-electron chi connectivity index (χ4n) is 2.06. The molecule has 0 heterocycles. The van der Waals surface area contributed by atoms with Crippen LogP contribution in [0.4, 0.5) is 5.69 Å². The standard InChI is InChI=1S/C17H21N3O/c1-13-4-2-6-15(12-13)20-17(18)19-11-3-5-14-7-9-16(21)10-8-14/h2,4,6-10,12,21H,3,5,11H2,1H3,(H3,18,19,20). The zero-order valence-corrected chi connectivity index (χ0v) is 12.2. The molecule has 0 aliphatic carbocycles. The van der Waals surface area contributed by atoms with Crippen molar-refractivity contribution in [1.29, 1.82) is 0 Å². The van der Waals surface area contributed by atoms with Gasteiger partial charge in [0.25, 0.3) is 0 Å². The van der Waals surface area contributed by atoms with Gasteiger partial charge in [-0.1, -0.05) is 24.3 Å². The van der Waals surface area contributed by atoms with Crippen LogP contribution in [0.5, 0.6) is 5.75 Å². The first-order valence-corrected chi connectivity index (χ1v) is 7.05. The molecule has 21 heavy (non-hydrogen) atoms. The van der Waals surface area contributed by atoms with Crippen molar-refractivity contribution in [3.8, 4) is 5.75 Å². The van der Waals surface area contributed by atoms with Gasteiger partial charge in [-0.15, -0.1) is 0 Å². The minimum absolute atomic E-state index is 0.295. The van der Waals surface area contributed by atoms with Gasteiger partial charge >= 0.3 is 0 Å². The number of phenolic OH excluding ortho intramolecular Hbond substituents is 1. The Labute approximate surface area is 125 Å². The van der Waals surface area contributed by atoms with Gasteiger partial charge < -0.3 is 16.2 Å². The first-order valence-electron chi connectivity index (χ1n) is 7.05. The average molecular weight is 283 g/mol. The van der Waals surface area contributed by atoms with Crippen molar-refractivity contribution in [3.63, 3.8) is 0 Å². The highest BCUT2D eigenvalue weighted by atomic mass is 16.3. The molecule has 110 valence electrons. The van der Waals surface area contributed by atoms with Crippen LogP contribution in [-0.4, -0.2) is 17.6 Å². The molecule has 0 bridgehead atoms. The molecule has 0 aliphatic heterocycles. The Balaban J connectivity index is 1.77. The quantitative estimate of drug-likeness (QED) is 0.448. The highest BCUT2D eigenvalue weighted by Crippen LogP contribution is 2.11. The lowest BCUT2D eigenvalue weighted by Gasteiger charge is -2.06. The Hall–Kier alpha value is -2.49. The lowest BCUT2D eigenvalue weighted by Crippen LogP contribution is -2.22. The molecule has 0 radical (unpaired) electrons. The van der Waals surface area contributed by atoms with E-state index in [1.165, 1.54) is 11.1 Å². The number of aliphatic imine (C=N–C) groups is 1. The zero-order chi connectivity index (χ0) is 15.1. The summed E-state index contributed by atoms with van der Waals surface area (Å²) in [6.07, 6.45) is 1.84. The fraction of sp³-hybridized carbons (Fsp3) is 0.235. The first kappa shape index (κ1) is 14.9. The summed E-state index contributed by atoms with van der Waals surface area (Å²) in [7, 11) is 0. The summed E-state index contributed by atoms with van der Waals surface area (Å²) in [6, 6.07) is 15.3. The normalized spacial score (nSPS) is 11.4. The molecule has 0 atom stereocenters. The molecule has 0 aromatic heterocycles. The van der Waals surface area contributed by atoms with Crippen molar-refractivity contribution in [2.24, 2.45) is 10.7 Å². The monoisotopic (exact) mass is 283 g/mol. The number of hydrogen-bond acceptors (Lipinski definition) is 2. The van der Waals surface area contributed by atoms with Gasteiger partial charge in [0, 0.05) is 12.2 Å². The van der Waals surface area contributed by atoms with E-state index >= 15 is 0 Å². The number of benzene rings is 2. The molecular formula is C17H21N3O. The van der Waals surface area contributed by atoms with Crippen LogP contribution in [0.15, 0.2) is 53.5 Å². The molecule has 0 amide bonds. The summed E-state index contributed by atoms with van der Waals surface area (Å²) in [5.74, 6) is 0.731. The molecule has 0 saturated heterocycles. The van der Waals surface area contributed by atoms with E-state index in [1.807, 2.05) is 43.3 Å².